The van der Waals surface area contributed by atoms with Crippen LogP contribution in [0.1, 0.15) is 17.5 Å². The molecule has 0 saturated heterocycles. The lowest BCUT2D eigenvalue weighted by molar-refractivity contribution is 0.360. The fourth-order valence-electron chi connectivity index (χ4n) is 2.24. The minimum absolute atomic E-state index is 0.193. The minimum Gasteiger partial charge on any atom is -0.504 e. The second-order valence-electron chi connectivity index (χ2n) is 4.54. The van der Waals surface area contributed by atoms with E-state index in [1.165, 1.54) is 0 Å². The third-order valence-corrected chi connectivity index (χ3v) is 3.34. The first-order valence-corrected chi connectivity index (χ1v) is 5.46. The molecule has 0 aliphatic heterocycles. The average molecular weight is 222 g/mol. The van der Waals surface area contributed by atoms with Gasteiger partial charge in [0.25, 0.3) is 0 Å². The van der Waals surface area contributed by atoms with E-state index in [0.29, 0.717) is 12.3 Å². The molecule has 0 spiro atoms. The van der Waals surface area contributed by atoms with Gasteiger partial charge in [0.15, 0.2) is 11.5 Å². The molecule has 0 bridgehead atoms. The Hall–Kier alpha value is -1.26. The maximum absolute atomic E-state index is 9.67. The Bertz CT molecular complexity index is 406. The maximum Gasteiger partial charge on any atom is 0.160 e. The minimum atomic E-state index is -0.311. The summed E-state index contributed by atoms with van der Waals surface area (Å²) in [6.07, 6.45) is 2.47. The van der Waals surface area contributed by atoms with Gasteiger partial charge < -0.3 is 21.3 Å². The van der Waals surface area contributed by atoms with E-state index < -0.39 is 0 Å². The summed E-state index contributed by atoms with van der Waals surface area (Å²) in [5.74, 6) is 0.693. The normalized spacial score (nSPS) is 23.9. The number of rotatable bonds is 2. The largest absolute Gasteiger partial charge is 0.504 e. The summed E-state index contributed by atoms with van der Waals surface area (Å²) < 4.78 is 5.09. The molecule has 0 aromatic heterocycles. The van der Waals surface area contributed by atoms with Crippen molar-refractivity contribution in [1.29, 1.82) is 0 Å². The van der Waals surface area contributed by atoms with Crippen molar-refractivity contribution in [3.05, 3.63) is 23.3 Å². The van der Waals surface area contributed by atoms with Crippen molar-refractivity contribution in [1.82, 2.24) is 0 Å². The lowest BCUT2D eigenvalue weighted by Gasteiger charge is -2.33. The monoisotopic (exact) mass is 222 g/mol. The Kier molecular flexibility index (Phi) is 2.78. The molecular formula is C12H18N2O2. The first kappa shape index (κ1) is 11.2. The van der Waals surface area contributed by atoms with E-state index in [1.807, 2.05) is 6.07 Å². The molecule has 1 atom stereocenters. The number of ether oxygens (including phenoxy) is 1. The third-order valence-electron chi connectivity index (χ3n) is 3.34. The van der Waals surface area contributed by atoms with Crippen LogP contribution < -0.4 is 16.2 Å². The van der Waals surface area contributed by atoms with E-state index in [-0.39, 0.29) is 11.3 Å². The number of aromatic hydroxyl groups is 1. The topological polar surface area (TPSA) is 81.5 Å². The Morgan fingerprint density at radius 2 is 2.19 bits per heavy atom. The summed E-state index contributed by atoms with van der Waals surface area (Å²) in [6.45, 7) is 0.482. The third kappa shape index (κ3) is 1.86. The quantitative estimate of drug-likeness (QED) is 0.682. The molecule has 0 saturated carbocycles. The molecule has 4 nitrogen and oxygen atoms in total. The van der Waals surface area contributed by atoms with Crippen LogP contribution in [0.5, 0.6) is 11.5 Å². The van der Waals surface area contributed by atoms with Crippen molar-refractivity contribution in [3.63, 3.8) is 0 Å². The van der Waals surface area contributed by atoms with Crippen LogP contribution in [0, 0.1) is 0 Å². The molecule has 0 radical (unpaired) electrons. The van der Waals surface area contributed by atoms with Crippen molar-refractivity contribution in [2.24, 2.45) is 11.5 Å². The predicted molar refractivity (Wildman–Crippen MR) is 62.7 cm³/mol. The summed E-state index contributed by atoms with van der Waals surface area (Å²) in [4.78, 5) is 0. The molecule has 0 heterocycles. The molecule has 5 N–H and O–H groups in total. The molecule has 4 heteroatoms. The molecule has 1 aromatic carbocycles. The summed E-state index contributed by atoms with van der Waals surface area (Å²) in [6, 6.07) is 3.63. The van der Waals surface area contributed by atoms with Crippen molar-refractivity contribution in [2.45, 2.75) is 24.8 Å². The molecule has 1 aliphatic rings. The Labute approximate surface area is 95.2 Å². The van der Waals surface area contributed by atoms with Crippen LogP contribution in [0.25, 0.3) is 0 Å². The second-order valence-corrected chi connectivity index (χ2v) is 4.54. The number of nitrogens with two attached hydrogens (primary N) is 2. The van der Waals surface area contributed by atoms with Crippen molar-refractivity contribution < 1.29 is 9.84 Å². The molecular weight excluding hydrogens is 204 g/mol. The smallest absolute Gasteiger partial charge is 0.160 e. The Balaban J connectivity index is 2.38. The van der Waals surface area contributed by atoms with Gasteiger partial charge in [-0.15, -0.1) is 0 Å². The van der Waals surface area contributed by atoms with Gasteiger partial charge in [0.1, 0.15) is 0 Å². The molecule has 2 rings (SSSR count). The van der Waals surface area contributed by atoms with Crippen LogP contribution in [-0.4, -0.2) is 24.3 Å². The summed E-state index contributed by atoms with van der Waals surface area (Å²) in [7, 11) is 1.54. The van der Waals surface area contributed by atoms with E-state index >= 15 is 0 Å². The predicted octanol–water partition coefficient (Wildman–Crippen LogP) is 0.546. The second kappa shape index (κ2) is 3.96. The molecule has 1 aromatic rings. The van der Waals surface area contributed by atoms with Crippen molar-refractivity contribution >= 4 is 0 Å². The number of hydrogen-bond donors (Lipinski definition) is 3. The van der Waals surface area contributed by atoms with Gasteiger partial charge in [-0.1, -0.05) is 0 Å². The number of methoxy groups -OCH3 is 1. The Morgan fingerprint density at radius 3 is 2.81 bits per heavy atom. The van der Waals surface area contributed by atoms with E-state index in [4.69, 9.17) is 16.2 Å². The van der Waals surface area contributed by atoms with Crippen LogP contribution in [-0.2, 0) is 12.8 Å². The van der Waals surface area contributed by atoms with E-state index in [2.05, 4.69) is 0 Å². The van der Waals surface area contributed by atoms with E-state index in [1.54, 1.807) is 13.2 Å². The fourth-order valence-corrected chi connectivity index (χ4v) is 2.24. The van der Waals surface area contributed by atoms with Gasteiger partial charge in [-0.25, -0.2) is 0 Å². The molecule has 1 unspecified atom stereocenters. The summed E-state index contributed by atoms with van der Waals surface area (Å²) in [5, 5.41) is 9.67. The van der Waals surface area contributed by atoms with Gasteiger partial charge in [-0.05, 0) is 42.5 Å². The fraction of sp³-hybridized carbons (Fsp3) is 0.500. The highest BCUT2D eigenvalue weighted by Crippen LogP contribution is 2.35. The number of fused-ring (bicyclic) bond motifs is 1. The standard InChI is InChI=1S/C12H18N2O2/c1-16-11-5-9-6-12(14,7-13)3-2-8(9)4-10(11)15/h4-5,15H,2-3,6-7,13-14H2,1H3. The van der Waals surface area contributed by atoms with Crippen LogP contribution in [0.15, 0.2) is 12.1 Å². The molecule has 88 valence electrons. The Morgan fingerprint density at radius 1 is 1.44 bits per heavy atom. The number of aryl methyl sites for hydroxylation is 1. The number of phenolic OH excluding ortho intramolecular Hbond substituents is 1. The number of benzene rings is 1. The van der Waals surface area contributed by atoms with E-state index in [9.17, 15) is 5.11 Å². The maximum atomic E-state index is 9.67. The number of hydrogen-bond acceptors (Lipinski definition) is 4. The molecule has 1 aliphatic carbocycles. The molecule has 0 amide bonds. The zero-order valence-corrected chi connectivity index (χ0v) is 9.49. The zero-order valence-electron chi connectivity index (χ0n) is 9.49. The van der Waals surface area contributed by atoms with Crippen LogP contribution in [0.4, 0.5) is 0 Å². The van der Waals surface area contributed by atoms with Gasteiger partial charge in [0.2, 0.25) is 0 Å². The SMILES string of the molecule is COc1cc2c(cc1O)CCC(N)(CN)C2. The van der Waals surface area contributed by atoms with Crippen LogP contribution in [0.3, 0.4) is 0 Å². The summed E-state index contributed by atoms with van der Waals surface area (Å²) >= 11 is 0. The highest BCUT2D eigenvalue weighted by Gasteiger charge is 2.29. The number of phenols is 1. The van der Waals surface area contributed by atoms with Crippen LogP contribution >= 0.6 is 0 Å². The van der Waals surface area contributed by atoms with Crippen molar-refractivity contribution in [2.75, 3.05) is 13.7 Å². The van der Waals surface area contributed by atoms with Gasteiger partial charge in [0, 0.05) is 12.1 Å². The highest BCUT2D eigenvalue weighted by molar-refractivity contribution is 5.48. The molecule has 16 heavy (non-hydrogen) atoms. The lowest BCUT2D eigenvalue weighted by atomic mass is 9.78. The van der Waals surface area contributed by atoms with Crippen molar-refractivity contribution in [3.8, 4) is 11.5 Å². The average Bonchev–Trinajstić information content (AvgIpc) is 2.29. The van der Waals surface area contributed by atoms with Gasteiger partial charge >= 0.3 is 0 Å². The molecule has 0 fully saturated rings. The summed E-state index contributed by atoms with van der Waals surface area (Å²) in [5.41, 5.74) is 13.8. The lowest BCUT2D eigenvalue weighted by Crippen LogP contribution is -2.51. The van der Waals surface area contributed by atoms with Crippen LogP contribution in [0.2, 0.25) is 0 Å². The van der Waals surface area contributed by atoms with Gasteiger partial charge in [0.05, 0.1) is 7.11 Å². The van der Waals surface area contributed by atoms with Gasteiger partial charge in [-0.3, -0.25) is 0 Å². The van der Waals surface area contributed by atoms with E-state index in [0.717, 1.165) is 30.4 Å². The van der Waals surface area contributed by atoms with Gasteiger partial charge in [-0.2, -0.15) is 0 Å². The first-order valence-electron chi connectivity index (χ1n) is 5.46. The highest BCUT2D eigenvalue weighted by atomic mass is 16.5. The first-order chi connectivity index (χ1) is 7.58. The zero-order chi connectivity index (χ0) is 11.8.